The third kappa shape index (κ3) is 4.44. The summed E-state index contributed by atoms with van der Waals surface area (Å²) in [5, 5.41) is 3.66. The van der Waals surface area contributed by atoms with Gasteiger partial charge in [0.25, 0.3) is 0 Å². The van der Waals surface area contributed by atoms with Crippen LogP contribution in [0.15, 0.2) is 10.5 Å². The molecule has 20 heavy (non-hydrogen) atoms. The van der Waals surface area contributed by atoms with Crippen LogP contribution in [0.4, 0.5) is 0 Å². The SMILES string of the molecule is CCCNC(CC1CC(OCC)C1)c1cc(Br)c(Cl)s1. The summed E-state index contributed by atoms with van der Waals surface area (Å²) in [5.74, 6) is 0.778. The fourth-order valence-corrected chi connectivity index (χ4v) is 4.55. The Morgan fingerprint density at radius 1 is 1.50 bits per heavy atom. The molecule has 0 aliphatic heterocycles. The van der Waals surface area contributed by atoms with Gasteiger partial charge in [-0.15, -0.1) is 11.3 Å². The van der Waals surface area contributed by atoms with Crippen molar-refractivity contribution in [2.75, 3.05) is 13.2 Å². The molecule has 1 aromatic rings. The van der Waals surface area contributed by atoms with Gasteiger partial charge in [-0.2, -0.15) is 0 Å². The van der Waals surface area contributed by atoms with Gasteiger partial charge in [-0.25, -0.2) is 0 Å². The average molecular weight is 381 g/mol. The van der Waals surface area contributed by atoms with Crippen LogP contribution in [0.5, 0.6) is 0 Å². The lowest BCUT2D eigenvalue weighted by Crippen LogP contribution is -2.34. The van der Waals surface area contributed by atoms with E-state index in [0.29, 0.717) is 12.1 Å². The second-order valence-electron chi connectivity index (χ2n) is 5.43. The predicted octanol–water partition coefficient (Wildman–Crippen LogP) is 5.41. The van der Waals surface area contributed by atoms with E-state index in [2.05, 4.69) is 41.2 Å². The third-order valence-electron chi connectivity index (χ3n) is 3.81. The number of ether oxygens (including phenoxy) is 1. The first-order valence-electron chi connectivity index (χ1n) is 7.43. The van der Waals surface area contributed by atoms with Crippen molar-refractivity contribution in [1.29, 1.82) is 0 Å². The molecule has 1 aliphatic carbocycles. The van der Waals surface area contributed by atoms with Crippen molar-refractivity contribution in [3.05, 3.63) is 19.8 Å². The van der Waals surface area contributed by atoms with Crippen LogP contribution in [0.3, 0.4) is 0 Å². The number of rotatable bonds is 8. The first kappa shape index (κ1) is 16.8. The molecule has 1 aliphatic rings. The van der Waals surface area contributed by atoms with Crippen LogP contribution in [-0.4, -0.2) is 19.3 Å². The third-order valence-corrected chi connectivity index (χ3v) is 6.40. The molecule has 0 spiro atoms. The fraction of sp³-hybridized carbons (Fsp3) is 0.733. The molecule has 0 amide bonds. The largest absolute Gasteiger partial charge is 0.378 e. The van der Waals surface area contributed by atoms with E-state index >= 15 is 0 Å². The van der Waals surface area contributed by atoms with E-state index < -0.39 is 0 Å². The minimum absolute atomic E-state index is 0.427. The van der Waals surface area contributed by atoms with Crippen LogP contribution in [-0.2, 0) is 4.74 Å². The van der Waals surface area contributed by atoms with Gasteiger partial charge in [-0.1, -0.05) is 18.5 Å². The van der Waals surface area contributed by atoms with Crippen molar-refractivity contribution in [1.82, 2.24) is 5.32 Å². The van der Waals surface area contributed by atoms with Gasteiger partial charge in [0.05, 0.1) is 6.10 Å². The standard InChI is InChI=1S/C15H23BrClNOS/c1-3-5-18-13(14-9-12(16)15(17)20-14)8-10-6-11(7-10)19-4-2/h9-11,13,18H,3-8H2,1-2H3. The normalized spacial score (nSPS) is 23.6. The Balaban J connectivity index is 1.91. The maximum atomic E-state index is 6.18. The quantitative estimate of drug-likeness (QED) is 0.651. The average Bonchev–Trinajstić information content (AvgIpc) is 2.71. The van der Waals surface area contributed by atoms with Crippen LogP contribution >= 0.6 is 38.9 Å². The van der Waals surface area contributed by atoms with Crippen molar-refractivity contribution >= 4 is 38.9 Å². The molecule has 1 saturated carbocycles. The van der Waals surface area contributed by atoms with E-state index in [0.717, 1.165) is 34.3 Å². The Morgan fingerprint density at radius 3 is 2.80 bits per heavy atom. The zero-order chi connectivity index (χ0) is 14.5. The summed E-state index contributed by atoms with van der Waals surface area (Å²) in [6.07, 6.45) is 5.25. The van der Waals surface area contributed by atoms with Crippen LogP contribution in [0.25, 0.3) is 0 Å². The fourth-order valence-electron chi connectivity index (χ4n) is 2.73. The molecule has 5 heteroatoms. The highest BCUT2D eigenvalue weighted by Gasteiger charge is 2.32. The van der Waals surface area contributed by atoms with Crippen LogP contribution in [0, 0.1) is 5.92 Å². The van der Waals surface area contributed by atoms with Crippen LogP contribution < -0.4 is 5.32 Å². The molecule has 1 fully saturated rings. The molecule has 114 valence electrons. The topological polar surface area (TPSA) is 21.3 Å². The van der Waals surface area contributed by atoms with Gasteiger partial charge in [0.15, 0.2) is 0 Å². The molecule has 2 nitrogen and oxygen atoms in total. The molecule has 0 radical (unpaired) electrons. The zero-order valence-electron chi connectivity index (χ0n) is 12.1. The Kier molecular flexibility index (Phi) is 6.82. The first-order chi connectivity index (χ1) is 9.63. The Bertz CT molecular complexity index is 401. The highest BCUT2D eigenvalue weighted by Crippen LogP contribution is 2.41. The molecular formula is C15H23BrClNOS. The second-order valence-corrected chi connectivity index (χ2v) is 7.97. The maximum absolute atomic E-state index is 6.18. The summed E-state index contributed by atoms with van der Waals surface area (Å²) in [6.45, 7) is 6.17. The van der Waals surface area contributed by atoms with Crippen molar-refractivity contribution < 1.29 is 4.74 Å². The molecule has 1 atom stereocenters. The number of thiophene rings is 1. The predicted molar refractivity (Wildman–Crippen MR) is 90.8 cm³/mol. The summed E-state index contributed by atoms with van der Waals surface area (Å²) >= 11 is 11.4. The number of nitrogens with one attached hydrogen (secondary N) is 1. The van der Waals surface area contributed by atoms with Gasteiger partial charge in [0.1, 0.15) is 4.34 Å². The molecule has 0 aromatic carbocycles. The van der Waals surface area contributed by atoms with Crippen molar-refractivity contribution in [2.45, 2.75) is 51.7 Å². The molecule has 1 N–H and O–H groups in total. The van der Waals surface area contributed by atoms with Crippen molar-refractivity contribution in [3.8, 4) is 0 Å². The van der Waals surface area contributed by atoms with E-state index in [-0.39, 0.29) is 0 Å². The monoisotopic (exact) mass is 379 g/mol. The smallest absolute Gasteiger partial charge is 0.107 e. The minimum atomic E-state index is 0.427. The van der Waals surface area contributed by atoms with E-state index in [4.69, 9.17) is 16.3 Å². The van der Waals surface area contributed by atoms with Crippen molar-refractivity contribution in [3.63, 3.8) is 0 Å². The van der Waals surface area contributed by atoms with E-state index in [9.17, 15) is 0 Å². The first-order valence-corrected chi connectivity index (χ1v) is 9.42. The lowest BCUT2D eigenvalue weighted by Gasteiger charge is -2.37. The summed E-state index contributed by atoms with van der Waals surface area (Å²) in [6, 6.07) is 2.59. The minimum Gasteiger partial charge on any atom is -0.378 e. The molecular weight excluding hydrogens is 358 g/mol. The van der Waals surface area contributed by atoms with Gasteiger partial charge >= 0.3 is 0 Å². The number of halogens is 2. The Labute approximate surface area is 139 Å². The summed E-state index contributed by atoms with van der Waals surface area (Å²) < 4.78 is 7.52. The lowest BCUT2D eigenvalue weighted by molar-refractivity contribution is -0.0290. The molecule has 0 saturated heterocycles. The van der Waals surface area contributed by atoms with Gasteiger partial charge in [0, 0.05) is 22.0 Å². The maximum Gasteiger partial charge on any atom is 0.107 e. The Hall–Kier alpha value is 0.390. The van der Waals surface area contributed by atoms with Crippen molar-refractivity contribution in [2.24, 2.45) is 5.92 Å². The van der Waals surface area contributed by atoms with E-state index in [1.54, 1.807) is 11.3 Å². The van der Waals surface area contributed by atoms with E-state index in [1.165, 1.54) is 24.1 Å². The second kappa shape index (κ2) is 8.14. The van der Waals surface area contributed by atoms with Gasteiger partial charge in [-0.3, -0.25) is 0 Å². The van der Waals surface area contributed by atoms with Gasteiger partial charge in [0.2, 0.25) is 0 Å². The Morgan fingerprint density at radius 2 is 2.25 bits per heavy atom. The molecule has 1 aromatic heterocycles. The van der Waals surface area contributed by atoms with Gasteiger partial charge < -0.3 is 10.1 Å². The number of hydrogen-bond donors (Lipinski definition) is 1. The molecule has 1 heterocycles. The van der Waals surface area contributed by atoms with Gasteiger partial charge in [-0.05, 0) is 67.1 Å². The highest BCUT2D eigenvalue weighted by molar-refractivity contribution is 9.10. The summed E-state index contributed by atoms with van der Waals surface area (Å²) in [4.78, 5) is 1.34. The van der Waals surface area contributed by atoms with Crippen LogP contribution in [0.1, 0.15) is 50.4 Å². The zero-order valence-corrected chi connectivity index (χ0v) is 15.3. The summed E-state index contributed by atoms with van der Waals surface area (Å²) in [5.41, 5.74) is 0. The summed E-state index contributed by atoms with van der Waals surface area (Å²) in [7, 11) is 0. The molecule has 0 bridgehead atoms. The van der Waals surface area contributed by atoms with Crippen LogP contribution in [0.2, 0.25) is 4.34 Å². The molecule has 1 unspecified atom stereocenters. The van der Waals surface area contributed by atoms with E-state index in [1.807, 2.05) is 0 Å². The lowest BCUT2D eigenvalue weighted by atomic mass is 9.78. The molecule has 2 rings (SSSR count). The number of hydrogen-bond acceptors (Lipinski definition) is 3. The highest BCUT2D eigenvalue weighted by atomic mass is 79.9.